The van der Waals surface area contributed by atoms with Gasteiger partial charge in [-0.2, -0.15) is 0 Å². The first-order chi connectivity index (χ1) is 13.5. The minimum Gasteiger partial charge on any atom is -0.544 e. The van der Waals surface area contributed by atoms with Gasteiger partial charge in [-0.25, -0.2) is 4.79 Å². The van der Waals surface area contributed by atoms with Crippen molar-refractivity contribution in [1.29, 1.82) is 0 Å². The zero-order valence-electron chi connectivity index (χ0n) is 18.2. The predicted octanol–water partition coefficient (Wildman–Crippen LogP) is 5.26. The van der Waals surface area contributed by atoms with E-state index < -0.39 is 20.4 Å². The molecule has 1 aromatic rings. The first-order valence-corrected chi connectivity index (χ1v) is 12.9. The molecule has 5 nitrogen and oxygen atoms in total. The maximum Gasteiger partial charge on any atom is 0.338 e. The Morgan fingerprint density at radius 3 is 2.34 bits per heavy atom. The van der Waals surface area contributed by atoms with Crippen LogP contribution in [0.3, 0.4) is 0 Å². The third-order valence-corrected chi connectivity index (χ3v) is 9.75. The van der Waals surface area contributed by atoms with Crippen LogP contribution in [0.1, 0.15) is 44.5 Å². The molecular formula is C23H32O5Si. The lowest BCUT2D eigenvalue weighted by Gasteiger charge is -2.38. The van der Waals surface area contributed by atoms with Crippen molar-refractivity contribution in [2.24, 2.45) is 5.92 Å². The summed E-state index contributed by atoms with van der Waals surface area (Å²) < 4.78 is 17.2. The largest absolute Gasteiger partial charge is 0.544 e. The van der Waals surface area contributed by atoms with E-state index in [1.165, 1.54) is 0 Å². The van der Waals surface area contributed by atoms with Crippen LogP contribution in [-0.2, 0) is 18.7 Å². The molecular weight excluding hydrogens is 384 g/mol. The molecule has 1 aromatic carbocycles. The standard InChI is InChI=1S/C23H32O5Si/c1-7-26-21(24)16-18-15-19(28-29(5,6)23(2,3)4)13-14-20(18)27-22(25)17-11-9-8-10-12-17/h8-15,18,20H,7,16H2,1-6H3/t18-,20-/m0/s1. The molecule has 1 aliphatic rings. The lowest BCUT2D eigenvalue weighted by molar-refractivity contribution is -0.144. The molecule has 2 rings (SSSR count). The monoisotopic (exact) mass is 416 g/mol. The highest BCUT2D eigenvalue weighted by molar-refractivity contribution is 6.74. The highest BCUT2D eigenvalue weighted by atomic mass is 28.4. The van der Waals surface area contributed by atoms with Gasteiger partial charge in [0.25, 0.3) is 0 Å². The van der Waals surface area contributed by atoms with E-state index in [-0.39, 0.29) is 23.3 Å². The Balaban J connectivity index is 2.19. The molecule has 2 atom stereocenters. The second kappa shape index (κ2) is 9.44. The summed E-state index contributed by atoms with van der Waals surface area (Å²) in [5.41, 5.74) is 0.475. The van der Waals surface area contributed by atoms with Crippen molar-refractivity contribution >= 4 is 20.3 Å². The van der Waals surface area contributed by atoms with Crippen LogP contribution in [-0.4, -0.2) is 33.0 Å². The second-order valence-electron chi connectivity index (χ2n) is 8.70. The quantitative estimate of drug-likeness (QED) is 0.448. The fourth-order valence-corrected chi connectivity index (χ4v) is 3.72. The Morgan fingerprint density at radius 2 is 1.76 bits per heavy atom. The molecule has 0 aliphatic heterocycles. The molecule has 0 fully saturated rings. The average Bonchev–Trinajstić information content (AvgIpc) is 2.63. The van der Waals surface area contributed by atoms with E-state index in [0.29, 0.717) is 12.2 Å². The molecule has 158 valence electrons. The SMILES string of the molecule is CCOC(=O)C[C@@H]1C=C(O[Si](C)(C)C(C)(C)C)C=C[C@@H]1OC(=O)c1ccccc1. The van der Waals surface area contributed by atoms with Crippen LogP contribution in [0.5, 0.6) is 0 Å². The van der Waals surface area contributed by atoms with E-state index >= 15 is 0 Å². The van der Waals surface area contributed by atoms with Gasteiger partial charge in [0.15, 0.2) is 0 Å². The van der Waals surface area contributed by atoms with E-state index in [1.807, 2.05) is 18.2 Å². The predicted molar refractivity (Wildman–Crippen MR) is 116 cm³/mol. The third kappa shape index (κ3) is 6.32. The molecule has 6 heteroatoms. The van der Waals surface area contributed by atoms with Crippen LogP contribution in [0.2, 0.25) is 18.1 Å². The number of allylic oxidation sites excluding steroid dienone is 1. The van der Waals surface area contributed by atoms with Crippen LogP contribution in [0.25, 0.3) is 0 Å². The van der Waals surface area contributed by atoms with E-state index in [9.17, 15) is 9.59 Å². The molecule has 0 unspecified atom stereocenters. The van der Waals surface area contributed by atoms with Gasteiger partial charge >= 0.3 is 11.9 Å². The van der Waals surface area contributed by atoms with Crippen molar-refractivity contribution in [2.45, 2.75) is 58.4 Å². The van der Waals surface area contributed by atoms with Crippen LogP contribution < -0.4 is 0 Å². The molecule has 0 aromatic heterocycles. The summed E-state index contributed by atoms with van der Waals surface area (Å²) in [4.78, 5) is 24.6. The first kappa shape index (κ1) is 22.9. The average molecular weight is 417 g/mol. The minimum absolute atomic E-state index is 0.0505. The Kier molecular flexibility index (Phi) is 7.46. The number of carbonyl (C=O) groups is 2. The number of rotatable bonds is 7. The van der Waals surface area contributed by atoms with Gasteiger partial charge in [0, 0.05) is 5.92 Å². The van der Waals surface area contributed by atoms with Crippen LogP contribution in [0, 0.1) is 5.92 Å². The van der Waals surface area contributed by atoms with Crippen LogP contribution in [0.15, 0.2) is 54.3 Å². The van der Waals surface area contributed by atoms with E-state index in [4.69, 9.17) is 13.9 Å². The summed E-state index contributed by atoms with van der Waals surface area (Å²) in [6, 6.07) is 8.82. The zero-order valence-corrected chi connectivity index (χ0v) is 19.2. The molecule has 0 bridgehead atoms. The van der Waals surface area contributed by atoms with Gasteiger partial charge in [0.05, 0.1) is 24.4 Å². The molecule has 29 heavy (non-hydrogen) atoms. The number of hydrogen-bond donors (Lipinski definition) is 0. The topological polar surface area (TPSA) is 61.8 Å². The van der Waals surface area contributed by atoms with Gasteiger partial charge in [0.2, 0.25) is 8.32 Å². The summed E-state index contributed by atoms with van der Waals surface area (Å²) in [6.07, 6.45) is 5.09. The molecule has 0 saturated heterocycles. The highest BCUT2D eigenvalue weighted by Gasteiger charge is 2.40. The Bertz CT molecular complexity index is 774. The molecule has 1 aliphatic carbocycles. The summed E-state index contributed by atoms with van der Waals surface area (Å²) >= 11 is 0. The highest BCUT2D eigenvalue weighted by Crippen LogP contribution is 2.39. The van der Waals surface area contributed by atoms with Crippen molar-refractivity contribution in [3.63, 3.8) is 0 Å². The Labute approximate surface area is 174 Å². The van der Waals surface area contributed by atoms with Crippen molar-refractivity contribution < 1.29 is 23.5 Å². The van der Waals surface area contributed by atoms with Crippen molar-refractivity contribution in [3.8, 4) is 0 Å². The fraction of sp³-hybridized carbons (Fsp3) is 0.478. The molecule has 0 amide bonds. The van der Waals surface area contributed by atoms with Crippen molar-refractivity contribution in [2.75, 3.05) is 6.61 Å². The summed E-state index contributed by atoms with van der Waals surface area (Å²) in [7, 11) is -2.03. The maximum absolute atomic E-state index is 12.5. The van der Waals surface area contributed by atoms with Crippen LogP contribution >= 0.6 is 0 Å². The third-order valence-electron chi connectivity index (χ3n) is 5.39. The molecule has 0 radical (unpaired) electrons. The van der Waals surface area contributed by atoms with Crippen molar-refractivity contribution in [1.82, 2.24) is 0 Å². The number of ether oxygens (including phenoxy) is 2. The first-order valence-electron chi connectivity index (χ1n) is 10.0. The number of carbonyl (C=O) groups excluding carboxylic acids is 2. The van der Waals surface area contributed by atoms with Gasteiger partial charge in [-0.05, 0) is 55.4 Å². The number of hydrogen-bond acceptors (Lipinski definition) is 5. The van der Waals surface area contributed by atoms with Crippen LogP contribution in [0.4, 0.5) is 0 Å². The zero-order chi connectivity index (χ0) is 21.7. The molecule has 0 saturated carbocycles. The molecule has 0 N–H and O–H groups in total. The maximum atomic E-state index is 12.5. The molecule has 0 heterocycles. The van der Waals surface area contributed by atoms with Gasteiger partial charge in [-0.15, -0.1) is 0 Å². The summed E-state index contributed by atoms with van der Waals surface area (Å²) in [6.45, 7) is 12.9. The number of esters is 2. The minimum atomic E-state index is -2.03. The van der Waals surface area contributed by atoms with Gasteiger partial charge in [-0.3, -0.25) is 4.79 Å². The normalized spacial score (nSPS) is 19.3. The van der Waals surface area contributed by atoms with Gasteiger partial charge in [0.1, 0.15) is 6.10 Å². The smallest absolute Gasteiger partial charge is 0.338 e. The van der Waals surface area contributed by atoms with Gasteiger partial charge < -0.3 is 13.9 Å². The summed E-state index contributed by atoms with van der Waals surface area (Å²) in [5, 5.41) is 0.0505. The lowest BCUT2D eigenvalue weighted by Crippen LogP contribution is -2.41. The Morgan fingerprint density at radius 1 is 1.10 bits per heavy atom. The summed E-state index contributed by atoms with van der Waals surface area (Å²) in [5.74, 6) is -0.364. The van der Waals surface area contributed by atoms with E-state index in [1.54, 1.807) is 37.3 Å². The van der Waals surface area contributed by atoms with E-state index in [0.717, 1.165) is 5.76 Å². The lowest BCUT2D eigenvalue weighted by atomic mass is 9.93. The second-order valence-corrected chi connectivity index (χ2v) is 13.4. The fourth-order valence-electron chi connectivity index (χ4n) is 2.69. The van der Waals surface area contributed by atoms with E-state index in [2.05, 4.69) is 33.9 Å². The van der Waals surface area contributed by atoms with Gasteiger partial charge in [-0.1, -0.05) is 39.0 Å². The molecule has 0 spiro atoms. The van der Waals surface area contributed by atoms with Crippen molar-refractivity contribution in [3.05, 3.63) is 59.9 Å². The number of benzene rings is 1. The Hall–Kier alpha value is -2.34.